The Morgan fingerprint density at radius 3 is 2.75 bits per heavy atom. The molecule has 24 heavy (non-hydrogen) atoms. The van der Waals surface area contributed by atoms with Crippen molar-refractivity contribution >= 4 is 11.9 Å². The van der Waals surface area contributed by atoms with Crippen molar-refractivity contribution in [3.8, 4) is 0 Å². The number of amides is 1. The molecule has 0 aromatic carbocycles. The zero-order valence-electron chi connectivity index (χ0n) is 15.6. The molecule has 0 spiro atoms. The van der Waals surface area contributed by atoms with Crippen molar-refractivity contribution in [1.82, 2.24) is 15.1 Å². The smallest absolute Gasteiger partial charge is 0.243 e. The van der Waals surface area contributed by atoms with E-state index >= 15 is 0 Å². The molecule has 1 N–H and O–H groups in total. The number of likely N-dealkylation sites (N-methyl/N-ethyl adjacent to an activating group) is 1. The van der Waals surface area contributed by atoms with E-state index in [0.29, 0.717) is 0 Å². The lowest BCUT2D eigenvalue weighted by Crippen LogP contribution is -2.43. The quantitative estimate of drug-likeness (QED) is 0.286. The number of unbranched alkanes of at least 4 members (excludes halogenated alkanes) is 3. The lowest BCUT2D eigenvalue weighted by molar-refractivity contribution is -0.127. The molecule has 0 aromatic heterocycles. The van der Waals surface area contributed by atoms with Gasteiger partial charge in [-0.2, -0.15) is 0 Å². The number of nitrogens with one attached hydrogen (secondary N) is 1. The molecule has 138 valence electrons. The minimum absolute atomic E-state index is 0.00537. The molecule has 1 aliphatic rings. The molecule has 1 fully saturated rings. The average Bonchev–Trinajstić information content (AvgIpc) is 3.07. The summed E-state index contributed by atoms with van der Waals surface area (Å²) in [6.45, 7) is 6.43. The molecular weight excluding hydrogens is 304 g/mol. The molecule has 1 unspecified atom stereocenters. The van der Waals surface area contributed by atoms with E-state index in [9.17, 15) is 4.79 Å². The maximum atomic E-state index is 11.8. The van der Waals surface area contributed by atoms with E-state index in [0.717, 1.165) is 51.3 Å². The number of hydrogen-bond donors (Lipinski definition) is 1. The summed E-state index contributed by atoms with van der Waals surface area (Å²) in [6.07, 6.45) is 8.94. The third kappa shape index (κ3) is 8.34. The Morgan fingerprint density at radius 2 is 2.12 bits per heavy atom. The molecule has 0 bridgehead atoms. The topological polar surface area (TPSA) is 57.2 Å². The van der Waals surface area contributed by atoms with Crippen molar-refractivity contribution in [3.63, 3.8) is 0 Å². The largest absolute Gasteiger partial charge is 0.376 e. The van der Waals surface area contributed by atoms with Crippen LogP contribution in [0.15, 0.2) is 17.6 Å². The number of carbonyl (C=O) groups is 1. The second-order valence-corrected chi connectivity index (χ2v) is 6.50. The van der Waals surface area contributed by atoms with Gasteiger partial charge in [-0.25, -0.2) is 4.99 Å². The lowest BCUT2D eigenvalue weighted by atomic mass is 10.2. The van der Waals surface area contributed by atoms with Crippen LogP contribution >= 0.6 is 0 Å². The molecule has 0 radical (unpaired) electrons. The number of guanidine groups is 1. The van der Waals surface area contributed by atoms with Crippen LogP contribution in [0.1, 0.15) is 38.5 Å². The summed E-state index contributed by atoms with van der Waals surface area (Å²) in [5.41, 5.74) is 0. The van der Waals surface area contributed by atoms with Crippen molar-refractivity contribution in [2.75, 3.05) is 47.4 Å². The van der Waals surface area contributed by atoms with Crippen LogP contribution in [-0.4, -0.2) is 75.2 Å². The van der Waals surface area contributed by atoms with E-state index in [1.807, 2.05) is 13.1 Å². The Hall–Kier alpha value is -1.56. The summed E-state index contributed by atoms with van der Waals surface area (Å²) in [4.78, 5) is 20.0. The van der Waals surface area contributed by atoms with Gasteiger partial charge in [0.15, 0.2) is 5.96 Å². The van der Waals surface area contributed by atoms with Gasteiger partial charge in [0.05, 0.1) is 6.10 Å². The molecule has 1 heterocycles. The van der Waals surface area contributed by atoms with Gasteiger partial charge in [-0.1, -0.05) is 12.5 Å². The summed E-state index contributed by atoms with van der Waals surface area (Å²) in [6, 6.07) is 0. The second kappa shape index (κ2) is 11.9. The van der Waals surface area contributed by atoms with Gasteiger partial charge in [-0.15, -0.1) is 6.58 Å². The summed E-state index contributed by atoms with van der Waals surface area (Å²) in [7, 11) is 5.52. The van der Waals surface area contributed by atoms with E-state index in [1.54, 1.807) is 19.0 Å². The Bertz CT molecular complexity index is 404. The van der Waals surface area contributed by atoms with Crippen LogP contribution in [0.5, 0.6) is 0 Å². The Kier molecular flexibility index (Phi) is 10.2. The van der Waals surface area contributed by atoms with Crippen molar-refractivity contribution in [3.05, 3.63) is 12.7 Å². The number of nitrogens with zero attached hydrogens (tertiary/aromatic N) is 3. The van der Waals surface area contributed by atoms with Crippen LogP contribution in [0.2, 0.25) is 0 Å². The SMILES string of the molecule is C=CCCCCCN(C)C(=NCC(=O)N(C)C)NCC1CCCO1. The van der Waals surface area contributed by atoms with Crippen LogP contribution in [0.4, 0.5) is 0 Å². The Morgan fingerprint density at radius 1 is 1.33 bits per heavy atom. The fourth-order valence-corrected chi connectivity index (χ4v) is 2.53. The second-order valence-electron chi connectivity index (χ2n) is 6.50. The highest BCUT2D eigenvalue weighted by atomic mass is 16.5. The first kappa shape index (κ1) is 20.5. The van der Waals surface area contributed by atoms with Gasteiger partial charge in [-0.05, 0) is 32.1 Å². The van der Waals surface area contributed by atoms with Gasteiger partial charge in [0.2, 0.25) is 5.91 Å². The van der Waals surface area contributed by atoms with Crippen LogP contribution in [0, 0.1) is 0 Å². The van der Waals surface area contributed by atoms with Gasteiger partial charge < -0.3 is 19.9 Å². The molecule has 6 nitrogen and oxygen atoms in total. The summed E-state index contributed by atoms with van der Waals surface area (Å²) in [5.74, 6) is 0.787. The highest BCUT2D eigenvalue weighted by Crippen LogP contribution is 2.10. The highest BCUT2D eigenvalue weighted by molar-refractivity contribution is 5.84. The normalized spacial score (nSPS) is 17.6. The minimum atomic E-state index is 0.00537. The maximum Gasteiger partial charge on any atom is 0.243 e. The number of rotatable bonds is 10. The molecule has 1 aliphatic heterocycles. The monoisotopic (exact) mass is 338 g/mol. The highest BCUT2D eigenvalue weighted by Gasteiger charge is 2.17. The molecule has 1 rings (SSSR count). The van der Waals surface area contributed by atoms with Gasteiger partial charge >= 0.3 is 0 Å². The first-order valence-corrected chi connectivity index (χ1v) is 8.96. The lowest BCUT2D eigenvalue weighted by Gasteiger charge is -2.24. The molecule has 0 saturated carbocycles. The molecule has 1 amide bonds. The summed E-state index contributed by atoms with van der Waals surface area (Å²) >= 11 is 0. The predicted octanol–water partition coefficient (Wildman–Crippen LogP) is 1.88. The third-order valence-electron chi connectivity index (χ3n) is 4.14. The average molecular weight is 338 g/mol. The van der Waals surface area contributed by atoms with E-state index in [1.165, 1.54) is 12.8 Å². The number of allylic oxidation sites excluding steroid dienone is 1. The van der Waals surface area contributed by atoms with Gasteiger partial charge in [0.1, 0.15) is 6.54 Å². The third-order valence-corrected chi connectivity index (χ3v) is 4.14. The minimum Gasteiger partial charge on any atom is -0.376 e. The molecular formula is C18H34N4O2. The fraction of sp³-hybridized carbons (Fsp3) is 0.778. The van der Waals surface area contributed by atoms with Gasteiger partial charge in [0, 0.05) is 40.8 Å². The number of carbonyl (C=O) groups excluding carboxylic acids is 1. The number of aliphatic imine (C=N–C) groups is 1. The maximum absolute atomic E-state index is 11.8. The van der Waals surface area contributed by atoms with Crippen LogP contribution in [0.3, 0.4) is 0 Å². The van der Waals surface area contributed by atoms with E-state index in [-0.39, 0.29) is 18.6 Å². The van der Waals surface area contributed by atoms with Gasteiger partial charge in [0.25, 0.3) is 0 Å². The molecule has 0 aromatic rings. The zero-order chi connectivity index (χ0) is 17.8. The first-order chi connectivity index (χ1) is 11.5. The fourth-order valence-electron chi connectivity index (χ4n) is 2.53. The van der Waals surface area contributed by atoms with E-state index in [4.69, 9.17) is 4.74 Å². The van der Waals surface area contributed by atoms with Crippen LogP contribution < -0.4 is 5.32 Å². The summed E-state index contributed by atoms with van der Waals surface area (Å²) in [5, 5.41) is 3.37. The zero-order valence-corrected chi connectivity index (χ0v) is 15.6. The van der Waals surface area contributed by atoms with Gasteiger partial charge in [-0.3, -0.25) is 4.79 Å². The molecule has 1 saturated heterocycles. The number of hydrogen-bond acceptors (Lipinski definition) is 3. The van der Waals surface area contributed by atoms with Crippen molar-refractivity contribution in [1.29, 1.82) is 0 Å². The first-order valence-electron chi connectivity index (χ1n) is 8.96. The predicted molar refractivity (Wildman–Crippen MR) is 99.3 cm³/mol. The van der Waals surface area contributed by atoms with E-state index < -0.39 is 0 Å². The summed E-state index contributed by atoms with van der Waals surface area (Å²) < 4.78 is 5.65. The number of ether oxygens (including phenoxy) is 1. The van der Waals surface area contributed by atoms with Crippen molar-refractivity contribution in [2.45, 2.75) is 44.6 Å². The molecule has 0 aliphatic carbocycles. The molecule has 6 heteroatoms. The Balaban J connectivity index is 2.48. The standard InChI is InChI=1S/C18H34N4O2/c1-5-6-7-8-9-12-22(4)18(20-15-17(23)21(2)3)19-14-16-11-10-13-24-16/h5,16H,1,6-15H2,2-4H3,(H,19,20). The van der Waals surface area contributed by atoms with Crippen molar-refractivity contribution < 1.29 is 9.53 Å². The van der Waals surface area contributed by atoms with Crippen molar-refractivity contribution in [2.24, 2.45) is 4.99 Å². The Labute approximate surface area is 146 Å². The van der Waals surface area contributed by atoms with E-state index in [2.05, 4.69) is 21.8 Å². The molecule has 1 atom stereocenters. The van der Waals surface area contributed by atoms with Crippen LogP contribution in [0.25, 0.3) is 0 Å². The van der Waals surface area contributed by atoms with Crippen LogP contribution in [-0.2, 0) is 9.53 Å².